The zero-order chi connectivity index (χ0) is 23.7. The third-order valence-electron chi connectivity index (χ3n) is 5.34. The second-order valence-corrected chi connectivity index (χ2v) is 8.90. The first-order valence-corrected chi connectivity index (χ1v) is 11.4. The van der Waals surface area contributed by atoms with E-state index in [0.29, 0.717) is 16.5 Å². The maximum Gasteiger partial charge on any atom is 0.277 e. The van der Waals surface area contributed by atoms with Gasteiger partial charge in [0.25, 0.3) is 16.7 Å². The molecule has 0 fully saturated rings. The molecule has 0 radical (unpaired) electrons. The predicted molar refractivity (Wildman–Crippen MR) is 125 cm³/mol. The van der Waals surface area contributed by atoms with Gasteiger partial charge in [-0.15, -0.1) is 10.2 Å². The van der Waals surface area contributed by atoms with E-state index in [9.17, 15) is 13.6 Å². The van der Waals surface area contributed by atoms with E-state index in [1.807, 2.05) is 30.3 Å². The van der Waals surface area contributed by atoms with E-state index in [1.54, 1.807) is 31.2 Å². The SMILES string of the molecule is CC(Sc1nnc(-c2nn(Cc3ccccc3)c(=O)c3ccccc23)o1)c1c(F)cccc1F. The summed E-state index contributed by atoms with van der Waals surface area (Å²) >= 11 is 1.04. The minimum Gasteiger partial charge on any atom is -0.409 e. The van der Waals surface area contributed by atoms with Gasteiger partial charge in [-0.25, -0.2) is 13.5 Å². The summed E-state index contributed by atoms with van der Waals surface area (Å²) in [5, 5.41) is 13.2. The van der Waals surface area contributed by atoms with Gasteiger partial charge in [-0.2, -0.15) is 5.10 Å². The van der Waals surface area contributed by atoms with Gasteiger partial charge in [0.2, 0.25) is 0 Å². The van der Waals surface area contributed by atoms with Crippen molar-refractivity contribution in [2.24, 2.45) is 0 Å². The highest BCUT2D eigenvalue weighted by Crippen LogP contribution is 2.37. The molecule has 0 aliphatic heterocycles. The highest BCUT2D eigenvalue weighted by Gasteiger charge is 2.22. The molecule has 2 aromatic heterocycles. The summed E-state index contributed by atoms with van der Waals surface area (Å²) in [4.78, 5) is 13.0. The maximum absolute atomic E-state index is 14.1. The lowest BCUT2D eigenvalue weighted by Crippen LogP contribution is -2.24. The molecule has 5 rings (SSSR count). The Balaban J connectivity index is 1.52. The second-order valence-electron chi connectivity index (χ2n) is 7.61. The normalized spacial score (nSPS) is 12.2. The van der Waals surface area contributed by atoms with Crippen LogP contribution in [0, 0.1) is 11.6 Å². The molecule has 0 saturated carbocycles. The Morgan fingerprint density at radius 1 is 0.912 bits per heavy atom. The molecule has 1 unspecified atom stereocenters. The van der Waals surface area contributed by atoms with E-state index in [1.165, 1.54) is 22.9 Å². The molecule has 9 heteroatoms. The highest BCUT2D eigenvalue weighted by molar-refractivity contribution is 7.99. The molecule has 5 aromatic rings. The molecule has 0 bridgehead atoms. The van der Waals surface area contributed by atoms with Crippen molar-refractivity contribution < 1.29 is 13.2 Å². The highest BCUT2D eigenvalue weighted by atomic mass is 32.2. The Morgan fingerprint density at radius 3 is 2.32 bits per heavy atom. The Morgan fingerprint density at radius 2 is 1.59 bits per heavy atom. The zero-order valence-electron chi connectivity index (χ0n) is 18.0. The van der Waals surface area contributed by atoms with Gasteiger partial charge in [-0.3, -0.25) is 4.79 Å². The van der Waals surface area contributed by atoms with E-state index in [-0.39, 0.29) is 28.8 Å². The van der Waals surface area contributed by atoms with Gasteiger partial charge in [-0.05, 0) is 30.7 Å². The van der Waals surface area contributed by atoms with Crippen LogP contribution in [0.1, 0.15) is 23.3 Å². The van der Waals surface area contributed by atoms with Crippen LogP contribution in [0.4, 0.5) is 8.78 Å². The largest absolute Gasteiger partial charge is 0.409 e. The molecule has 0 aliphatic rings. The van der Waals surface area contributed by atoms with Crippen LogP contribution in [0.5, 0.6) is 0 Å². The van der Waals surface area contributed by atoms with Gasteiger partial charge in [0.1, 0.15) is 11.6 Å². The summed E-state index contributed by atoms with van der Waals surface area (Å²) in [6.07, 6.45) is 0. The minimum absolute atomic E-state index is 0.0627. The summed E-state index contributed by atoms with van der Waals surface area (Å²) in [6.45, 7) is 1.93. The Bertz CT molecular complexity index is 1520. The quantitative estimate of drug-likeness (QED) is 0.296. The van der Waals surface area contributed by atoms with Crippen molar-refractivity contribution in [2.45, 2.75) is 23.9 Å². The average molecular weight is 477 g/mol. The lowest BCUT2D eigenvalue weighted by molar-refractivity contribution is 0.461. The molecule has 2 heterocycles. The summed E-state index contributed by atoms with van der Waals surface area (Å²) < 4.78 is 35.5. The van der Waals surface area contributed by atoms with Gasteiger partial charge in [-0.1, -0.05) is 66.4 Å². The van der Waals surface area contributed by atoms with Crippen LogP contribution in [-0.4, -0.2) is 20.0 Å². The fourth-order valence-corrected chi connectivity index (χ4v) is 4.58. The molecule has 0 saturated heterocycles. The van der Waals surface area contributed by atoms with Gasteiger partial charge in [0.05, 0.1) is 11.9 Å². The van der Waals surface area contributed by atoms with Crippen LogP contribution in [-0.2, 0) is 6.54 Å². The van der Waals surface area contributed by atoms with Crippen molar-refractivity contribution in [3.63, 3.8) is 0 Å². The number of fused-ring (bicyclic) bond motifs is 1. The van der Waals surface area contributed by atoms with E-state index in [0.717, 1.165) is 17.3 Å². The lowest BCUT2D eigenvalue weighted by Gasteiger charge is -2.11. The average Bonchev–Trinajstić information content (AvgIpc) is 3.29. The van der Waals surface area contributed by atoms with Crippen molar-refractivity contribution in [1.82, 2.24) is 20.0 Å². The monoisotopic (exact) mass is 476 g/mol. The Kier molecular flexibility index (Phi) is 5.93. The third-order valence-corrected chi connectivity index (χ3v) is 6.29. The molecule has 34 heavy (non-hydrogen) atoms. The summed E-state index contributed by atoms with van der Waals surface area (Å²) in [5.41, 5.74) is 0.976. The molecule has 0 spiro atoms. The molecular formula is C25H18F2N4O2S. The number of nitrogens with zero attached hydrogens (tertiary/aromatic N) is 4. The molecule has 170 valence electrons. The molecular weight excluding hydrogens is 458 g/mol. The second kappa shape index (κ2) is 9.18. The molecule has 1 atom stereocenters. The summed E-state index contributed by atoms with van der Waals surface area (Å²) in [7, 11) is 0. The number of halogens is 2. The molecule has 0 aliphatic carbocycles. The van der Waals surface area contributed by atoms with E-state index < -0.39 is 16.9 Å². The Hall–Kier alpha value is -3.85. The van der Waals surface area contributed by atoms with Crippen molar-refractivity contribution in [1.29, 1.82) is 0 Å². The first kappa shape index (κ1) is 22.0. The van der Waals surface area contributed by atoms with Crippen molar-refractivity contribution in [2.75, 3.05) is 0 Å². The van der Waals surface area contributed by atoms with Gasteiger partial charge in [0, 0.05) is 16.2 Å². The number of aromatic nitrogens is 4. The maximum atomic E-state index is 14.1. The van der Waals surface area contributed by atoms with E-state index >= 15 is 0 Å². The number of thioether (sulfide) groups is 1. The van der Waals surface area contributed by atoms with E-state index in [2.05, 4.69) is 15.3 Å². The first-order valence-electron chi connectivity index (χ1n) is 10.5. The summed E-state index contributed by atoms with van der Waals surface area (Å²) in [5.74, 6) is -1.16. The Labute approximate surface area is 197 Å². The van der Waals surface area contributed by atoms with Crippen LogP contribution in [0.15, 0.2) is 87.2 Å². The van der Waals surface area contributed by atoms with Gasteiger partial charge in [0.15, 0.2) is 5.69 Å². The van der Waals surface area contributed by atoms with Crippen LogP contribution >= 0.6 is 11.8 Å². The van der Waals surface area contributed by atoms with Crippen molar-refractivity contribution in [3.05, 3.63) is 106 Å². The summed E-state index contributed by atoms with van der Waals surface area (Å²) in [6, 6.07) is 20.3. The van der Waals surface area contributed by atoms with Gasteiger partial charge < -0.3 is 4.42 Å². The lowest BCUT2D eigenvalue weighted by atomic mass is 10.1. The van der Waals surface area contributed by atoms with Crippen molar-refractivity contribution in [3.8, 4) is 11.6 Å². The zero-order valence-corrected chi connectivity index (χ0v) is 18.8. The smallest absolute Gasteiger partial charge is 0.277 e. The number of rotatable bonds is 6. The first-order chi connectivity index (χ1) is 16.5. The molecule has 0 amide bonds. The standard InChI is InChI=1S/C25H18F2N4O2S/c1-15(21-19(26)12-7-13-20(21)27)34-25-29-28-23(33-25)22-17-10-5-6-11-18(17)24(32)31(30-22)14-16-8-3-2-4-9-16/h2-13,15H,14H2,1H3. The molecule has 6 nitrogen and oxygen atoms in total. The van der Waals surface area contributed by atoms with Crippen LogP contribution in [0.25, 0.3) is 22.4 Å². The third kappa shape index (κ3) is 4.22. The number of hydrogen-bond acceptors (Lipinski definition) is 6. The van der Waals surface area contributed by atoms with Gasteiger partial charge >= 0.3 is 0 Å². The number of hydrogen-bond donors (Lipinski definition) is 0. The minimum atomic E-state index is -0.639. The number of benzene rings is 3. The topological polar surface area (TPSA) is 73.8 Å². The van der Waals surface area contributed by atoms with Crippen LogP contribution in [0.3, 0.4) is 0 Å². The van der Waals surface area contributed by atoms with Crippen LogP contribution in [0.2, 0.25) is 0 Å². The predicted octanol–water partition coefficient (Wildman–Crippen LogP) is 5.63. The fraction of sp³-hybridized carbons (Fsp3) is 0.120. The van der Waals surface area contributed by atoms with E-state index in [4.69, 9.17) is 4.42 Å². The van der Waals surface area contributed by atoms with Crippen LogP contribution < -0.4 is 5.56 Å². The molecule has 0 N–H and O–H groups in total. The van der Waals surface area contributed by atoms with Crippen molar-refractivity contribution >= 4 is 22.5 Å². The fourth-order valence-electron chi connectivity index (χ4n) is 3.72. The molecule has 3 aromatic carbocycles.